The number of nitrogens with one attached hydrogen (secondary N) is 1. The van der Waals surface area contributed by atoms with Crippen molar-refractivity contribution >= 4 is 28.4 Å². The van der Waals surface area contributed by atoms with Crippen LogP contribution in [0.1, 0.15) is 35.1 Å². The topological polar surface area (TPSA) is 12.0 Å². The summed E-state index contributed by atoms with van der Waals surface area (Å²) in [6, 6.07) is 19.3. The molecule has 3 rings (SSSR count). The Kier molecular flexibility index (Phi) is 5.57. The molecule has 128 valence electrons. The fourth-order valence-electron chi connectivity index (χ4n) is 3.26. The molecule has 3 aromatic rings. The van der Waals surface area contributed by atoms with E-state index >= 15 is 0 Å². The van der Waals surface area contributed by atoms with Crippen molar-refractivity contribution in [1.29, 1.82) is 0 Å². The first-order chi connectivity index (χ1) is 12.1. The Balaban J connectivity index is 1.94. The van der Waals surface area contributed by atoms with Crippen LogP contribution in [0.2, 0.25) is 5.02 Å². The first-order valence-corrected chi connectivity index (χ1v) is 9.07. The smallest absolute Gasteiger partial charge is 0.0411 e. The van der Waals surface area contributed by atoms with Crippen LogP contribution in [0, 0.1) is 6.92 Å². The van der Waals surface area contributed by atoms with Crippen LogP contribution in [0.15, 0.2) is 60.7 Å². The predicted molar refractivity (Wildman–Crippen MR) is 110 cm³/mol. The maximum Gasteiger partial charge on any atom is 0.0411 e. The van der Waals surface area contributed by atoms with Gasteiger partial charge in [-0.2, -0.15) is 0 Å². The van der Waals surface area contributed by atoms with Crippen molar-refractivity contribution in [3.8, 4) is 0 Å². The minimum absolute atomic E-state index is 0.313. The molecule has 0 saturated carbocycles. The van der Waals surface area contributed by atoms with Gasteiger partial charge in [0, 0.05) is 11.6 Å². The molecular weight excluding hydrogens is 326 g/mol. The van der Waals surface area contributed by atoms with Crippen LogP contribution >= 0.6 is 11.6 Å². The molecule has 0 aliphatic heterocycles. The molecule has 0 aliphatic carbocycles. The van der Waals surface area contributed by atoms with Gasteiger partial charge in [-0.15, -0.1) is 0 Å². The van der Waals surface area contributed by atoms with E-state index in [1.165, 1.54) is 33.0 Å². The van der Waals surface area contributed by atoms with Crippen molar-refractivity contribution in [3.63, 3.8) is 0 Å². The molecule has 3 aromatic carbocycles. The number of halogens is 1. The first-order valence-electron chi connectivity index (χ1n) is 8.69. The summed E-state index contributed by atoms with van der Waals surface area (Å²) >= 11 is 6.21. The van der Waals surface area contributed by atoms with Crippen LogP contribution in [0.25, 0.3) is 16.8 Å². The van der Waals surface area contributed by atoms with E-state index in [1.54, 1.807) is 0 Å². The molecule has 1 N–H and O–H groups in total. The fourth-order valence-corrected chi connectivity index (χ4v) is 3.56. The lowest BCUT2D eigenvalue weighted by atomic mass is 9.95. The van der Waals surface area contributed by atoms with Gasteiger partial charge in [-0.25, -0.2) is 0 Å². The maximum atomic E-state index is 6.21. The summed E-state index contributed by atoms with van der Waals surface area (Å²) in [4.78, 5) is 0. The van der Waals surface area contributed by atoms with E-state index in [2.05, 4.69) is 79.8 Å². The molecule has 0 amide bonds. The lowest BCUT2D eigenvalue weighted by molar-refractivity contribution is 0.823. The van der Waals surface area contributed by atoms with Gasteiger partial charge < -0.3 is 5.32 Å². The molecule has 0 radical (unpaired) electrons. The monoisotopic (exact) mass is 349 g/mol. The summed E-state index contributed by atoms with van der Waals surface area (Å²) < 4.78 is 0. The van der Waals surface area contributed by atoms with Crippen LogP contribution in [0.5, 0.6) is 0 Å². The molecule has 1 atom stereocenters. The van der Waals surface area contributed by atoms with Crippen LogP contribution in [-0.2, 0) is 6.54 Å². The van der Waals surface area contributed by atoms with E-state index in [0.29, 0.717) is 5.92 Å². The lowest BCUT2D eigenvalue weighted by Crippen LogP contribution is -2.05. The van der Waals surface area contributed by atoms with Gasteiger partial charge in [-0.3, -0.25) is 0 Å². The highest BCUT2D eigenvalue weighted by Crippen LogP contribution is 2.27. The Bertz CT molecular complexity index is 891. The normalized spacial score (nSPS) is 12.8. The van der Waals surface area contributed by atoms with Gasteiger partial charge in [-0.05, 0) is 65.0 Å². The average Bonchev–Trinajstić information content (AvgIpc) is 2.60. The molecule has 0 heterocycles. The van der Waals surface area contributed by atoms with Crippen LogP contribution < -0.4 is 5.32 Å². The molecule has 0 saturated heterocycles. The van der Waals surface area contributed by atoms with Crippen LogP contribution in [0.4, 0.5) is 0 Å². The molecular formula is C23H24ClN. The molecule has 0 aliphatic rings. The average molecular weight is 350 g/mol. The Morgan fingerprint density at radius 2 is 1.80 bits per heavy atom. The van der Waals surface area contributed by atoms with Gasteiger partial charge in [-0.1, -0.05) is 73.1 Å². The number of rotatable bonds is 5. The quantitative estimate of drug-likeness (QED) is 0.566. The van der Waals surface area contributed by atoms with Crippen molar-refractivity contribution in [2.75, 3.05) is 7.05 Å². The second-order valence-electron chi connectivity index (χ2n) is 6.60. The van der Waals surface area contributed by atoms with Crippen molar-refractivity contribution < 1.29 is 0 Å². The van der Waals surface area contributed by atoms with Gasteiger partial charge >= 0.3 is 0 Å². The van der Waals surface area contributed by atoms with Crippen LogP contribution in [0.3, 0.4) is 0 Å². The second kappa shape index (κ2) is 7.86. The second-order valence-corrected chi connectivity index (χ2v) is 7.04. The number of hydrogen-bond donors (Lipinski definition) is 1. The molecule has 25 heavy (non-hydrogen) atoms. The van der Waals surface area contributed by atoms with Crippen molar-refractivity contribution in [2.45, 2.75) is 26.3 Å². The third-order valence-electron chi connectivity index (χ3n) is 4.57. The van der Waals surface area contributed by atoms with Crippen molar-refractivity contribution in [3.05, 3.63) is 87.9 Å². The summed E-state index contributed by atoms with van der Waals surface area (Å²) in [5, 5.41) is 6.65. The van der Waals surface area contributed by atoms with E-state index in [0.717, 1.165) is 11.6 Å². The van der Waals surface area contributed by atoms with Crippen molar-refractivity contribution in [2.24, 2.45) is 0 Å². The number of hydrogen-bond acceptors (Lipinski definition) is 1. The molecule has 0 spiro atoms. The van der Waals surface area contributed by atoms with Crippen molar-refractivity contribution in [1.82, 2.24) is 5.32 Å². The molecule has 1 nitrogen and oxygen atoms in total. The van der Waals surface area contributed by atoms with E-state index in [-0.39, 0.29) is 0 Å². The van der Waals surface area contributed by atoms with Gasteiger partial charge in [0.1, 0.15) is 0 Å². The molecule has 0 aromatic heterocycles. The van der Waals surface area contributed by atoms with Gasteiger partial charge in [0.05, 0.1) is 0 Å². The lowest BCUT2D eigenvalue weighted by Gasteiger charge is -2.11. The summed E-state index contributed by atoms with van der Waals surface area (Å²) in [5.74, 6) is 0.313. The van der Waals surface area contributed by atoms with E-state index in [1.807, 2.05) is 13.1 Å². The van der Waals surface area contributed by atoms with E-state index in [9.17, 15) is 0 Å². The van der Waals surface area contributed by atoms with Crippen LogP contribution in [-0.4, -0.2) is 7.05 Å². The summed E-state index contributed by atoms with van der Waals surface area (Å²) in [7, 11) is 1.98. The largest absolute Gasteiger partial charge is 0.316 e. The minimum Gasteiger partial charge on any atom is -0.316 e. The van der Waals surface area contributed by atoms with Gasteiger partial charge in [0.15, 0.2) is 0 Å². The first kappa shape index (κ1) is 17.7. The standard InChI is InChI=1S/C23H24ClN/c1-16-12-20(14-21(24)13-16)17(2)8-9-18-10-11-19(15-25-3)23-7-5-4-6-22(18)23/h4-14,17,25H,15H2,1-3H3/b9-8+. The molecule has 0 bridgehead atoms. The summed E-state index contributed by atoms with van der Waals surface area (Å²) in [6.07, 6.45) is 4.48. The maximum absolute atomic E-state index is 6.21. The SMILES string of the molecule is CNCc1ccc(/C=C/C(C)c2cc(C)cc(Cl)c2)c2ccccc12. The Hall–Kier alpha value is -2.09. The minimum atomic E-state index is 0.313. The number of allylic oxidation sites excluding steroid dienone is 1. The Labute approximate surface area is 155 Å². The highest BCUT2D eigenvalue weighted by atomic mass is 35.5. The fraction of sp³-hybridized carbons (Fsp3) is 0.217. The molecule has 0 fully saturated rings. The zero-order valence-electron chi connectivity index (χ0n) is 15.0. The molecule has 2 heteroatoms. The van der Waals surface area contributed by atoms with Gasteiger partial charge in [0.2, 0.25) is 0 Å². The highest BCUT2D eigenvalue weighted by Gasteiger charge is 2.06. The third kappa shape index (κ3) is 4.12. The molecule has 1 unspecified atom stereocenters. The van der Waals surface area contributed by atoms with E-state index in [4.69, 9.17) is 11.6 Å². The summed E-state index contributed by atoms with van der Waals surface area (Å²) in [6.45, 7) is 5.17. The number of benzene rings is 3. The third-order valence-corrected chi connectivity index (χ3v) is 4.79. The van der Waals surface area contributed by atoms with Gasteiger partial charge in [0.25, 0.3) is 0 Å². The Morgan fingerprint density at radius 3 is 2.52 bits per heavy atom. The highest BCUT2D eigenvalue weighted by molar-refractivity contribution is 6.30. The summed E-state index contributed by atoms with van der Waals surface area (Å²) in [5.41, 5.74) is 5.02. The number of fused-ring (bicyclic) bond motifs is 1. The Morgan fingerprint density at radius 1 is 1.04 bits per heavy atom. The van der Waals surface area contributed by atoms with E-state index < -0.39 is 0 Å². The number of aryl methyl sites for hydroxylation is 1. The predicted octanol–water partition coefficient (Wildman–Crippen LogP) is 6.34. The zero-order chi connectivity index (χ0) is 17.8. The zero-order valence-corrected chi connectivity index (χ0v) is 15.8.